The minimum absolute atomic E-state index is 0.0787. The summed E-state index contributed by atoms with van der Waals surface area (Å²) in [6, 6.07) is 17.6. The van der Waals surface area contributed by atoms with Gasteiger partial charge in [-0.2, -0.15) is 0 Å². The Balaban J connectivity index is 1.61. The van der Waals surface area contributed by atoms with Crippen LogP contribution in [0.5, 0.6) is 0 Å². The number of rotatable bonds is 9. The van der Waals surface area contributed by atoms with Gasteiger partial charge in [0.05, 0.1) is 11.4 Å². The molecular formula is C27H28FN3O3S. The van der Waals surface area contributed by atoms with E-state index in [0.717, 1.165) is 25.7 Å². The summed E-state index contributed by atoms with van der Waals surface area (Å²) in [5, 5.41) is 7.57. The first-order chi connectivity index (χ1) is 17.0. The zero-order valence-electron chi connectivity index (χ0n) is 19.3. The van der Waals surface area contributed by atoms with Crippen LogP contribution in [0.15, 0.2) is 72.1 Å². The fourth-order valence-electron chi connectivity index (χ4n) is 4.32. The molecule has 2 N–H and O–H groups in total. The lowest BCUT2D eigenvalue weighted by Crippen LogP contribution is -2.48. The number of carbonyl (C=O) groups excluding carboxylic acids is 3. The van der Waals surface area contributed by atoms with Crippen molar-refractivity contribution in [1.29, 1.82) is 0 Å². The van der Waals surface area contributed by atoms with Gasteiger partial charge in [0, 0.05) is 12.6 Å². The Hall–Kier alpha value is -3.52. The minimum atomic E-state index is -0.895. The molecule has 8 heteroatoms. The Labute approximate surface area is 208 Å². The Kier molecular flexibility index (Phi) is 8.26. The van der Waals surface area contributed by atoms with Gasteiger partial charge in [-0.25, -0.2) is 4.39 Å². The van der Waals surface area contributed by atoms with Crippen LogP contribution in [0.4, 0.5) is 4.39 Å². The normalized spacial score (nSPS) is 14.3. The third-order valence-corrected chi connectivity index (χ3v) is 6.98. The van der Waals surface area contributed by atoms with Crippen molar-refractivity contribution in [3.8, 4) is 0 Å². The largest absolute Gasteiger partial charge is 0.351 e. The van der Waals surface area contributed by atoms with Crippen LogP contribution in [0.2, 0.25) is 0 Å². The number of thiophene rings is 1. The quantitative estimate of drug-likeness (QED) is 0.462. The molecule has 0 aliphatic heterocycles. The molecule has 6 nitrogen and oxygen atoms in total. The highest BCUT2D eigenvalue weighted by Gasteiger charge is 2.33. The maximum atomic E-state index is 13.6. The molecule has 3 aromatic rings. The Morgan fingerprint density at radius 2 is 1.69 bits per heavy atom. The molecule has 0 unspecified atom stereocenters. The van der Waals surface area contributed by atoms with Gasteiger partial charge in [-0.3, -0.25) is 14.4 Å². The third-order valence-electron chi connectivity index (χ3n) is 6.11. The molecule has 0 bridgehead atoms. The van der Waals surface area contributed by atoms with Crippen molar-refractivity contribution in [3.63, 3.8) is 0 Å². The smallest absolute Gasteiger partial charge is 0.261 e. The molecule has 1 aliphatic rings. The summed E-state index contributed by atoms with van der Waals surface area (Å²) in [4.78, 5) is 41.5. The summed E-state index contributed by atoms with van der Waals surface area (Å²) >= 11 is 1.28. The van der Waals surface area contributed by atoms with E-state index < -0.39 is 11.9 Å². The van der Waals surface area contributed by atoms with Crippen molar-refractivity contribution < 1.29 is 18.8 Å². The standard InChI is InChI=1S/C27H28FN3O3S/c28-21-14-12-19(13-15-21)18-31(24(32)17-29-26(33)23-11-6-16-35-23)25(20-7-2-1-3-8-20)27(34)30-22-9-4-5-10-22/h1-3,6-8,11-16,22,25H,4-5,9-10,17-18H2,(H,29,33)(H,30,34)/t25-/m0/s1. The predicted molar refractivity (Wildman–Crippen MR) is 133 cm³/mol. The molecule has 0 radical (unpaired) electrons. The van der Waals surface area contributed by atoms with Crippen LogP contribution in [0.1, 0.15) is 52.5 Å². The highest BCUT2D eigenvalue weighted by molar-refractivity contribution is 7.12. The summed E-state index contributed by atoms with van der Waals surface area (Å²) in [6.07, 6.45) is 3.95. The van der Waals surface area contributed by atoms with Gasteiger partial charge in [-0.1, -0.05) is 61.4 Å². The van der Waals surface area contributed by atoms with Gasteiger partial charge in [0.15, 0.2) is 0 Å². The van der Waals surface area contributed by atoms with Gasteiger partial charge in [0.1, 0.15) is 11.9 Å². The molecule has 1 saturated carbocycles. The Bertz CT molecular complexity index is 1130. The fraction of sp³-hybridized carbons (Fsp3) is 0.296. The number of nitrogens with one attached hydrogen (secondary N) is 2. The zero-order chi connectivity index (χ0) is 24.6. The predicted octanol–water partition coefficient (Wildman–Crippen LogP) is 4.45. The molecule has 1 fully saturated rings. The zero-order valence-corrected chi connectivity index (χ0v) is 20.1. The minimum Gasteiger partial charge on any atom is -0.351 e. The molecule has 3 amide bonds. The fourth-order valence-corrected chi connectivity index (χ4v) is 4.96. The van der Waals surface area contributed by atoms with Crippen molar-refractivity contribution in [3.05, 3.63) is 93.9 Å². The number of amides is 3. The molecule has 182 valence electrons. The van der Waals surface area contributed by atoms with Crippen molar-refractivity contribution in [2.75, 3.05) is 6.54 Å². The van der Waals surface area contributed by atoms with E-state index >= 15 is 0 Å². The molecule has 4 rings (SSSR count). The van der Waals surface area contributed by atoms with Crippen LogP contribution in [0, 0.1) is 5.82 Å². The molecule has 0 saturated heterocycles. The lowest BCUT2D eigenvalue weighted by atomic mass is 10.0. The average molecular weight is 494 g/mol. The van der Waals surface area contributed by atoms with E-state index in [-0.39, 0.29) is 36.8 Å². The third kappa shape index (κ3) is 6.54. The summed E-state index contributed by atoms with van der Waals surface area (Å²) in [7, 11) is 0. The molecule has 0 spiro atoms. The molecule has 35 heavy (non-hydrogen) atoms. The summed E-state index contributed by atoms with van der Waals surface area (Å²) < 4.78 is 13.5. The first-order valence-electron chi connectivity index (χ1n) is 11.7. The second kappa shape index (κ2) is 11.8. The Morgan fingerprint density at radius 1 is 0.971 bits per heavy atom. The van der Waals surface area contributed by atoms with E-state index in [1.54, 1.807) is 29.6 Å². The van der Waals surface area contributed by atoms with Crippen molar-refractivity contribution in [2.24, 2.45) is 0 Å². The van der Waals surface area contributed by atoms with Crippen LogP contribution in [-0.2, 0) is 16.1 Å². The van der Waals surface area contributed by atoms with Gasteiger partial charge >= 0.3 is 0 Å². The van der Waals surface area contributed by atoms with E-state index in [2.05, 4.69) is 10.6 Å². The second-order valence-corrected chi connectivity index (χ2v) is 9.56. The van der Waals surface area contributed by atoms with Crippen molar-refractivity contribution in [1.82, 2.24) is 15.5 Å². The number of hydrogen-bond donors (Lipinski definition) is 2. The van der Waals surface area contributed by atoms with Crippen molar-refractivity contribution in [2.45, 2.75) is 44.3 Å². The highest BCUT2D eigenvalue weighted by atomic mass is 32.1. The summed E-state index contributed by atoms with van der Waals surface area (Å²) in [5.41, 5.74) is 1.35. The first kappa shape index (κ1) is 24.6. The number of hydrogen-bond acceptors (Lipinski definition) is 4. The topological polar surface area (TPSA) is 78.5 Å². The van der Waals surface area contributed by atoms with Gasteiger partial charge in [0.2, 0.25) is 11.8 Å². The van der Waals surface area contributed by atoms with E-state index in [0.29, 0.717) is 16.0 Å². The van der Waals surface area contributed by atoms with E-state index in [4.69, 9.17) is 0 Å². The Morgan fingerprint density at radius 3 is 2.34 bits per heavy atom. The van der Waals surface area contributed by atoms with E-state index in [1.165, 1.54) is 28.4 Å². The number of benzene rings is 2. The first-order valence-corrected chi connectivity index (χ1v) is 12.6. The molecular weight excluding hydrogens is 465 g/mol. The summed E-state index contributed by atoms with van der Waals surface area (Å²) in [6.45, 7) is -0.177. The van der Waals surface area contributed by atoms with Crippen molar-refractivity contribution >= 4 is 29.1 Å². The van der Waals surface area contributed by atoms with Crippen LogP contribution in [0.3, 0.4) is 0 Å². The van der Waals surface area contributed by atoms with Crippen LogP contribution < -0.4 is 10.6 Å². The SMILES string of the molecule is O=C(NCC(=O)N(Cc1ccc(F)cc1)[C@H](C(=O)NC1CCCC1)c1ccccc1)c1cccs1. The molecule has 1 atom stereocenters. The maximum Gasteiger partial charge on any atom is 0.261 e. The highest BCUT2D eigenvalue weighted by Crippen LogP contribution is 2.26. The monoisotopic (exact) mass is 493 g/mol. The number of nitrogens with zero attached hydrogens (tertiary/aromatic N) is 1. The summed E-state index contributed by atoms with van der Waals surface area (Å²) in [5.74, 6) is -1.40. The van der Waals surface area contributed by atoms with E-state index in [1.807, 2.05) is 30.3 Å². The molecule has 1 heterocycles. The number of carbonyl (C=O) groups is 3. The molecule has 2 aromatic carbocycles. The number of halogens is 1. The van der Waals surface area contributed by atoms with Gasteiger partial charge in [-0.05, 0) is 47.5 Å². The van der Waals surface area contributed by atoms with E-state index in [9.17, 15) is 18.8 Å². The van der Waals surface area contributed by atoms with Crippen LogP contribution in [-0.4, -0.2) is 35.2 Å². The maximum absolute atomic E-state index is 13.6. The van der Waals surface area contributed by atoms with Gasteiger partial charge < -0.3 is 15.5 Å². The molecule has 1 aliphatic carbocycles. The average Bonchev–Trinajstić information content (AvgIpc) is 3.59. The van der Waals surface area contributed by atoms with Crippen LogP contribution in [0.25, 0.3) is 0 Å². The lowest BCUT2D eigenvalue weighted by molar-refractivity contribution is -0.141. The van der Waals surface area contributed by atoms with Crippen LogP contribution >= 0.6 is 11.3 Å². The van der Waals surface area contributed by atoms with Gasteiger partial charge in [0.25, 0.3) is 5.91 Å². The lowest BCUT2D eigenvalue weighted by Gasteiger charge is -2.32. The molecule has 1 aromatic heterocycles. The van der Waals surface area contributed by atoms with Gasteiger partial charge in [-0.15, -0.1) is 11.3 Å². The second-order valence-electron chi connectivity index (χ2n) is 8.61.